The van der Waals surface area contributed by atoms with Crippen LogP contribution in [-0.2, 0) is 4.74 Å². The highest BCUT2D eigenvalue weighted by Crippen LogP contribution is 2.38. The van der Waals surface area contributed by atoms with E-state index < -0.39 is 0 Å². The van der Waals surface area contributed by atoms with E-state index in [1.54, 1.807) is 0 Å². The van der Waals surface area contributed by atoms with Gasteiger partial charge in [-0.1, -0.05) is 13.8 Å². The fourth-order valence-corrected chi connectivity index (χ4v) is 9.15. The highest BCUT2D eigenvalue weighted by atomic mass is 32.2. The van der Waals surface area contributed by atoms with Gasteiger partial charge in [0.15, 0.2) is 0 Å². The van der Waals surface area contributed by atoms with Crippen LogP contribution in [0.1, 0.15) is 80.1 Å². The Kier molecular flexibility index (Phi) is 24.0. The molecule has 1 nitrogen and oxygen atoms in total. The maximum Gasteiger partial charge on any atom is 0.0557 e. The van der Waals surface area contributed by atoms with Crippen LogP contribution in [0.2, 0.25) is 0 Å². The largest absolute Gasteiger partial charge is 0.380 e. The molecule has 0 N–H and O–H groups in total. The molecule has 0 spiro atoms. The van der Waals surface area contributed by atoms with Crippen molar-refractivity contribution in [1.82, 2.24) is 0 Å². The molecule has 0 saturated heterocycles. The predicted molar refractivity (Wildman–Crippen MR) is 163 cm³/mol. The molecule has 0 aromatic rings. The molecule has 0 aliphatic heterocycles. The monoisotopic (exact) mass is 546 g/mol. The second-order valence-corrected chi connectivity index (χ2v) is 18.3. The van der Waals surface area contributed by atoms with E-state index in [1.807, 2.05) is 0 Å². The number of ether oxygens (including phenoxy) is 1. The smallest absolute Gasteiger partial charge is 0.0557 e. The summed E-state index contributed by atoms with van der Waals surface area (Å²) in [5, 5.41) is 0. The lowest BCUT2D eigenvalue weighted by Crippen LogP contribution is -2.15. The van der Waals surface area contributed by atoms with E-state index in [2.05, 4.69) is 112 Å². The van der Waals surface area contributed by atoms with Crippen molar-refractivity contribution in [2.24, 2.45) is 0 Å². The van der Waals surface area contributed by atoms with Crippen LogP contribution in [0, 0.1) is 0 Å². The molecular weight excluding hydrogens is 497 g/mol. The van der Waals surface area contributed by atoms with Crippen molar-refractivity contribution in [2.75, 3.05) is 59.2 Å². The Hall–Kier alpha value is 2.06. The normalized spacial score (nSPS) is 12.6. The molecule has 0 atom stereocenters. The van der Waals surface area contributed by atoms with Crippen LogP contribution in [0.5, 0.6) is 0 Å². The Morgan fingerprint density at radius 1 is 0.484 bits per heavy atom. The Balaban J connectivity index is 3.54. The first-order valence-corrected chi connectivity index (χ1v) is 18.4. The van der Waals surface area contributed by atoms with E-state index in [0.717, 1.165) is 24.7 Å². The zero-order chi connectivity index (χ0) is 23.3. The lowest BCUT2D eigenvalue weighted by molar-refractivity contribution is 0.167. The second-order valence-electron chi connectivity index (χ2n) is 8.44. The zero-order valence-corrected chi connectivity index (χ0v) is 26.1. The molecule has 0 aromatic heterocycles. The first-order valence-electron chi connectivity index (χ1n) is 12.1. The molecule has 0 fully saturated rings. The minimum absolute atomic E-state index is 0.308. The maximum atomic E-state index is 5.92. The molecule has 0 aliphatic rings. The highest BCUT2D eigenvalue weighted by molar-refractivity contribution is 8.18. The Bertz CT molecular complexity index is 345. The lowest BCUT2D eigenvalue weighted by Gasteiger charge is -2.24. The SMILES string of the molecule is CCCSCCCCSC(C)(C)SCCOCCSC(C)(C)SCCCCSCCC. The van der Waals surface area contributed by atoms with Crippen LogP contribution in [0.4, 0.5) is 0 Å². The number of rotatable bonds is 24. The van der Waals surface area contributed by atoms with E-state index >= 15 is 0 Å². The molecule has 0 amide bonds. The average molecular weight is 547 g/mol. The van der Waals surface area contributed by atoms with Gasteiger partial charge in [0, 0.05) is 11.5 Å². The molecule has 0 saturated carbocycles. The summed E-state index contributed by atoms with van der Waals surface area (Å²) in [7, 11) is 0. The molecule has 0 unspecified atom stereocenters. The fraction of sp³-hybridized carbons (Fsp3) is 1.00. The second kappa shape index (κ2) is 22.5. The lowest BCUT2D eigenvalue weighted by atomic mass is 10.4. The van der Waals surface area contributed by atoms with Crippen molar-refractivity contribution in [1.29, 1.82) is 0 Å². The number of hydrogen-bond acceptors (Lipinski definition) is 7. The van der Waals surface area contributed by atoms with Crippen molar-refractivity contribution < 1.29 is 4.74 Å². The first kappa shape index (κ1) is 33.1. The molecule has 188 valence electrons. The third-order valence-electron chi connectivity index (χ3n) is 4.32. The van der Waals surface area contributed by atoms with Crippen LogP contribution in [0.25, 0.3) is 0 Å². The van der Waals surface area contributed by atoms with Gasteiger partial charge in [0.25, 0.3) is 0 Å². The van der Waals surface area contributed by atoms with Crippen molar-refractivity contribution in [3.63, 3.8) is 0 Å². The minimum atomic E-state index is 0.308. The summed E-state index contributed by atoms with van der Waals surface area (Å²) in [6.07, 6.45) is 8.05. The van der Waals surface area contributed by atoms with Gasteiger partial charge in [0.1, 0.15) is 0 Å². The van der Waals surface area contributed by atoms with Crippen molar-refractivity contribution in [3.8, 4) is 0 Å². The highest BCUT2D eigenvalue weighted by Gasteiger charge is 2.19. The van der Waals surface area contributed by atoms with Gasteiger partial charge < -0.3 is 4.74 Å². The van der Waals surface area contributed by atoms with Crippen molar-refractivity contribution in [2.45, 2.75) is 88.2 Å². The Labute approximate surface area is 221 Å². The molecule has 0 aromatic carbocycles. The van der Waals surface area contributed by atoms with E-state index in [1.165, 1.54) is 73.0 Å². The molecule has 0 heterocycles. The topological polar surface area (TPSA) is 9.23 Å². The molecule has 0 aliphatic carbocycles. The Morgan fingerprint density at radius 3 is 1.23 bits per heavy atom. The quantitative estimate of drug-likeness (QED) is 0.0869. The van der Waals surface area contributed by atoms with Crippen molar-refractivity contribution >= 4 is 70.6 Å². The number of thioether (sulfide) groups is 6. The third-order valence-corrected chi connectivity index (χ3v) is 12.8. The van der Waals surface area contributed by atoms with E-state index in [4.69, 9.17) is 4.74 Å². The van der Waals surface area contributed by atoms with E-state index in [0.29, 0.717) is 8.16 Å². The molecular formula is C24H50OS6. The third kappa shape index (κ3) is 25.0. The summed E-state index contributed by atoms with van der Waals surface area (Å²) < 4.78 is 6.54. The van der Waals surface area contributed by atoms with Gasteiger partial charge >= 0.3 is 0 Å². The molecule has 31 heavy (non-hydrogen) atoms. The minimum Gasteiger partial charge on any atom is -0.380 e. The summed E-state index contributed by atoms with van der Waals surface area (Å²) in [6, 6.07) is 0. The number of hydrogen-bond donors (Lipinski definition) is 0. The van der Waals surface area contributed by atoms with Gasteiger partial charge in [-0.2, -0.15) is 23.5 Å². The number of unbranched alkanes of at least 4 members (excludes halogenated alkanes) is 2. The van der Waals surface area contributed by atoms with Crippen LogP contribution in [0.3, 0.4) is 0 Å². The van der Waals surface area contributed by atoms with Gasteiger partial charge in [0.05, 0.1) is 21.4 Å². The van der Waals surface area contributed by atoms with Gasteiger partial charge in [-0.05, 0) is 101 Å². The molecule has 0 rings (SSSR count). The van der Waals surface area contributed by atoms with Gasteiger partial charge in [-0.25, -0.2) is 0 Å². The molecule has 7 heteroatoms. The van der Waals surface area contributed by atoms with Gasteiger partial charge in [-0.15, -0.1) is 47.0 Å². The van der Waals surface area contributed by atoms with Crippen LogP contribution >= 0.6 is 70.6 Å². The predicted octanol–water partition coefficient (Wildman–Crippen LogP) is 9.25. The van der Waals surface area contributed by atoms with Gasteiger partial charge in [-0.3, -0.25) is 0 Å². The van der Waals surface area contributed by atoms with E-state index in [9.17, 15) is 0 Å². The van der Waals surface area contributed by atoms with Crippen LogP contribution in [0.15, 0.2) is 0 Å². The van der Waals surface area contributed by atoms with Crippen LogP contribution in [-0.4, -0.2) is 67.4 Å². The van der Waals surface area contributed by atoms with Gasteiger partial charge in [0.2, 0.25) is 0 Å². The summed E-state index contributed by atoms with van der Waals surface area (Å²) in [5.74, 6) is 10.1. The summed E-state index contributed by atoms with van der Waals surface area (Å²) >= 11 is 12.6. The fourth-order valence-electron chi connectivity index (χ4n) is 2.62. The average Bonchev–Trinajstić information content (AvgIpc) is 2.71. The standard InChI is InChI=1S/C24H50OS6/c1-7-15-26-17-9-11-19-28-23(3,4)30-21-13-25-14-22-31-24(5,6)29-20-12-10-18-27-16-8-2/h7-22H2,1-6H3. The molecule has 0 radical (unpaired) electrons. The first-order chi connectivity index (χ1) is 14.8. The summed E-state index contributed by atoms with van der Waals surface area (Å²) in [6.45, 7) is 15.8. The maximum absolute atomic E-state index is 5.92. The summed E-state index contributed by atoms with van der Waals surface area (Å²) in [4.78, 5) is 0. The molecule has 0 bridgehead atoms. The Morgan fingerprint density at radius 2 is 0.839 bits per heavy atom. The zero-order valence-electron chi connectivity index (χ0n) is 21.2. The van der Waals surface area contributed by atoms with E-state index in [-0.39, 0.29) is 0 Å². The van der Waals surface area contributed by atoms with Crippen molar-refractivity contribution in [3.05, 3.63) is 0 Å². The van der Waals surface area contributed by atoms with Crippen LogP contribution < -0.4 is 0 Å². The summed E-state index contributed by atoms with van der Waals surface area (Å²) in [5.41, 5.74) is 0.